The third-order valence-electron chi connectivity index (χ3n) is 8.04. The second-order valence-corrected chi connectivity index (χ2v) is 10.1. The van der Waals surface area contributed by atoms with E-state index in [1.807, 2.05) is 30.3 Å². The maximum Gasteiger partial charge on any atom is 0.102 e. The molecule has 0 amide bonds. The number of fused-ring (bicyclic) bond motifs is 8. The minimum Gasteiger partial charge on any atom is -0.309 e. The van der Waals surface area contributed by atoms with E-state index < -0.39 is 0 Å². The number of nitriles is 1. The van der Waals surface area contributed by atoms with Gasteiger partial charge in [0.15, 0.2) is 0 Å². The summed E-state index contributed by atoms with van der Waals surface area (Å²) in [6, 6.07) is 44.4. The first kappa shape index (κ1) is 22.3. The number of hydrogen-bond donors (Lipinski definition) is 1. The number of hydrogen-bond acceptors (Lipinski definition) is 2. The van der Waals surface area contributed by atoms with Crippen LogP contribution in [0.4, 0.5) is 0 Å². The number of para-hydroxylation sites is 3. The molecule has 1 N–H and O–H groups in total. The fourth-order valence-electron chi connectivity index (χ4n) is 6.37. The summed E-state index contributed by atoms with van der Waals surface area (Å²) in [5.74, 6) is 0. The normalized spacial score (nSPS) is 11.6. The van der Waals surface area contributed by atoms with E-state index in [0.717, 1.165) is 44.2 Å². The second-order valence-electron chi connectivity index (χ2n) is 10.1. The molecule has 0 bridgehead atoms. The molecule has 2 heterocycles. The van der Waals surface area contributed by atoms with E-state index >= 15 is 0 Å². The molecular weight excluding hydrogens is 488 g/mol. The monoisotopic (exact) mass is 510 g/mol. The summed E-state index contributed by atoms with van der Waals surface area (Å²) in [4.78, 5) is 0. The molecule has 0 fully saturated rings. The Bertz CT molecular complexity index is 2310. The van der Waals surface area contributed by atoms with Crippen LogP contribution in [0, 0.1) is 16.7 Å². The topological polar surface area (TPSA) is 57.5 Å². The molecule has 0 radical (unpaired) electrons. The molecular formula is C36H22N4. The van der Waals surface area contributed by atoms with E-state index in [1.54, 1.807) is 0 Å². The largest absolute Gasteiger partial charge is 0.309 e. The summed E-state index contributed by atoms with van der Waals surface area (Å²) < 4.78 is 4.44. The summed E-state index contributed by atoms with van der Waals surface area (Å²) in [5.41, 5.74) is 6.98. The Labute approximate surface area is 230 Å². The van der Waals surface area contributed by atoms with Crippen LogP contribution in [0.15, 0.2) is 121 Å². The van der Waals surface area contributed by atoms with E-state index in [9.17, 15) is 5.26 Å². The standard InChI is InChI=1S/C36H22N4/c37-21-24-19-25(39-33-16-8-5-13-29(33)36-26-10-2-1-9-23(26)17-18-34(36)39)20-35(30(24)22-38)40-31-14-6-3-11-27(31)28-12-4-7-15-32(28)40/h1-21,37H. The van der Waals surface area contributed by atoms with Gasteiger partial charge in [-0.25, -0.2) is 0 Å². The zero-order valence-electron chi connectivity index (χ0n) is 21.5. The maximum absolute atomic E-state index is 10.4. The van der Waals surface area contributed by atoms with E-state index in [2.05, 4.69) is 106 Å². The van der Waals surface area contributed by atoms with Gasteiger partial charge in [0.05, 0.1) is 33.3 Å². The highest BCUT2D eigenvalue weighted by Crippen LogP contribution is 2.39. The van der Waals surface area contributed by atoms with Gasteiger partial charge in [-0.2, -0.15) is 5.26 Å². The van der Waals surface area contributed by atoms with E-state index in [1.165, 1.54) is 27.8 Å². The van der Waals surface area contributed by atoms with Crippen LogP contribution < -0.4 is 0 Å². The minimum absolute atomic E-state index is 0.483. The van der Waals surface area contributed by atoms with Crippen LogP contribution in [-0.2, 0) is 0 Å². The predicted molar refractivity (Wildman–Crippen MR) is 165 cm³/mol. The van der Waals surface area contributed by atoms with Gasteiger partial charge in [0, 0.05) is 39.0 Å². The first-order valence-electron chi connectivity index (χ1n) is 13.3. The average Bonchev–Trinajstić information content (AvgIpc) is 3.53. The Balaban J connectivity index is 1.54. The molecule has 0 saturated carbocycles. The third kappa shape index (κ3) is 2.97. The van der Waals surface area contributed by atoms with Crippen molar-refractivity contribution in [3.8, 4) is 17.4 Å². The van der Waals surface area contributed by atoms with Crippen LogP contribution in [0.2, 0.25) is 0 Å². The molecule has 186 valence electrons. The second kappa shape index (κ2) is 8.42. The summed E-state index contributed by atoms with van der Waals surface area (Å²) in [7, 11) is 0. The molecule has 8 rings (SSSR count). The molecule has 4 heteroatoms. The average molecular weight is 511 g/mol. The molecule has 0 atom stereocenters. The van der Waals surface area contributed by atoms with Crippen LogP contribution in [-0.4, -0.2) is 15.3 Å². The third-order valence-corrected chi connectivity index (χ3v) is 8.04. The van der Waals surface area contributed by atoms with Gasteiger partial charge in [-0.05, 0) is 47.2 Å². The van der Waals surface area contributed by atoms with Gasteiger partial charge in [0.1, 0.15) is 6.07 Å². The Hall–Kier alpha value is -5.66. The number of nitrogens with zero attached hydrogens (tertiary/aromatic N) is 3. The lowest BCUT2D eigenvalue weighted by Gasteiger charge is -2.16. The van der Waals surface area contributed by atoms with E-state index in [0.29, 0.717) is 11.1 Å². The molecule has 0 spiro atoms. The molecule has 6 aromatic carbocycles. The first-order valence-corrected chi connectivity index (χ1v) is 13.3. The van der Waals surface area contributed by atoms with Crippen molar-refractivity contribution in [2.45, 2.75) is 0 Å². The van der Waals surface area contributed by atoms with Crippen LogP contribution in [0.25, 0.3) is 65.8 Å². The highest BCUT2D eigenvalue weighted by atomic mass is 15.0. The quantitative estimate of drug-likeness (QED) is 0.237. The Kier molecular flexibility index (Phi) is 4.70. The highest BCUT2D eigenvalue weighted by molar-refractivity contribution is 6.21. The van der Waals surface area contributed by atoms with Crippen molar-refractivity contribution in [2.75, 3.05) is 0 Å². The van der Waals surface area contributed by atoms with Gasteiger partial charge in [-0.1, -0.05) is 84.9 Å². The predicted octanol–water partition coefficient (Wildman–Crippen LogP) is 8.90. The fourth-order valence-corrected chi connectivity index (χ4v) is 6.37. The lowest BCUT2D eigenvalue weighted by molar-refractivity contribution is 1.12. The molecule has 0 aliphatic carbocycles. The van der Waals surface area contributed by atoms with Gasteiger partial charge in [-0.15, -0.1) is 0 Å². The van der Waals surface area contributed by atoms with Crippen molar-refractivity contribution >= 4 is 60.6 Å². The number of rotatable bonds is 3. The number of nitrogens with one attached hydrogen (secondary N) is 1. The number of aromatic nitrogens is 2. The molecule has 0 aliphatic heterocycles. The van der Waals surface area contributed by atoms with Crippen molar-refractivity contribution in [3.63, 3.8) is 0 Å². The maximum atomic E-state index is 10.4. The summed E-state index contributed by atoms with van der Waals surface area (Å²) >= 11 is 0. The summed E-state index contributed by atoms with van der Waals surface area (Å²) in [6.45, 7) is 0. The van der Waals surface area contributed by atoms with Crippen LogP contribution >= 0.6 is 0 Å². The summed E-state index contributed by atoms with van der Waals surface area (Å²) in [6.07, 6.45) is 1.29. The number of benzene rings is 6. The SMILES string of the molecule is N#Cc1c(C=N)cc(-n2c3ccccc3c3c4ccccc4ccc32)cc1-n1c2ccccc2c2ccccc21. The molecule has 0 unspecified atom stereocenters. The van der Waals surface area contributed by atoms with E-state index in [4.69, 9.17) is 5.41 Å². The van der Waals surface area contributed by atoms with Gasteiger partial charge in [-0.3, -0.25) is 0 Å². The van der Waals surface area contributed by atoms with Crippen molar-refractivity contribution < 1.29 is 0 Å². The fraction of sp³-hybridized carbons (Fsp3) is 0. The van der Waals surface area contributed by atoms with Gasteiger partial charge < -0.3 is 14.5 Å². The zero-order valence-corrected chi connectivity index (χ0v) is 21.5. The Morgan fingerprint density at radius 3 is 1.80 bits per heavy atom. The minimum atomic E-state index is 0.483. The van der Waals surface area contributed by atoms with Gasteiger partial charge >= 0.3 is 0 Å². The highest BCUT2D eigenvalue weighted by Gasteiger charge is 2.20. The van der Waals surface area contributed by atoms with Crippen LogP contribution in [0.1, 0.15) is 11.1 Å². The van der Waals surface area contributed by atoms with Gasteiger partial charge in [0.25, 0.3) is 0 Å². The molecule has 0 aliphatic rings. The van der Waals surface area contributed by atoms with Crippen molar-refractivity contribution in [1.29, 1.82) is 10.7 Å². The van der Waals surface area contributed by atoms with E-state index in [-0.39, 0.29) is 0 Å². The molecule has 0 saturated heterocycles. The Morgan fingerprint density at radius 2 is 1.15 bits per heavy atom. The molecule has 40 heavy (non-hydrogen) atoms. The van der Waals surface area contributed by atoms with Crippen LogP contribution in [0.3, 0.4) is 0 Å². The molecule has 2 aromatic heterocycles. The summed E-state index contributed by atoms with van der Waals surface area (Å²) in [5, 5.41) is 25.7. The molecule has 8 aromatic rings. The van der Waals surface area contributed by atoms with Crippen molar-refractivity contribution in [3.05, 3.63) is 132 Å². The van der Waals surface area contributed by atoms with Crippen LogP contribution in [0.5, 0.6) is 0 Å². The lowest BCUT2D eigenvalue weighted by Crippen LogP contribution is -2.05. The van der Waals surface area contributed by atoms with Gasteiger partial charge in [0.2, 0.25) is 0 Å². The smallest absolute Gasteiger partial charge is 0.102 e. The molecule has 4 nitrogen and oxygen atoms in total. The zero-order chi connectivity index (χ0) is 26.8. The first-order chi connectivity index (χ1) is 19.8. The van der Waals surface area contributed by atoms with Crippen molar-refractivity contribution in [1.82, 2.24) is 9.13 Å². The lowest BCUT2D eigenvalue weighted by atomic mass is 10.0. The van der Waals surface area contributed by atoms with Crippen molar-refractivity contribution in [2.24, 2.45) is 0 Å². The Morgan fingerprint density at radius 1 is 0.575 bits per heavy atom.